The highest BCUT2D eigenvalue weighted by molar-refractivity contribution is 5.26. The van der Waals surface area contributed by atoms with Crippen molar-refractivity contribution in [3.05, 3.63) is 35.9 Å². The third kappa shape index (κ3) is 3.53. The van der Waals surface area contributed by atoms with Crippen molar-refractivity contribution in [2.75, 3.05) is 26.8 Å². The number of nitrogens with one attached hydrogen (secondary N) is 1. The molecule has 1 aliphatic carbocycles. The van der Waals surface area contributed by atoms with Gasteiger partial charge in [-0.25, -0.2) is 0 Å². The van der Waals surface area contributed by atoms with Gasteiger partial charge in [0.05, 0.1) is 12.7 Å². The summed E-state index contributed by atoms with van der Waals surface area (Å²) in [6.07, 6.45) is 0.869. The fourth-order valence-electron chi connectivity index (χ4n) is 2.30. The van der Waals surface area contributed by atoms with Crippen molar-refractivity contribution in [3.63, 3.8) is 0 Å². The Balaban J connectivity index is 1.71. The Morgan fingerprint density at radius 1 is 1.41 bits per heavy atom. The van der Waals surface area contributed by atoms with Crippen LogP contribution < -0.4 is 5.32 Å². The minimum atomic E-state index is -0.239. The molecular formula is C14H21NO2. The number of hydrogen-bond acceptors (Lipinski definition) is 3. The summed E-state index contributed by atoms with van der Waals surface area (Å²) >= 11 is 0. The fraction of sp³-hybridized carbons (Fsp3) is 0.571. The number of methoxy groups -OCH3 is 1. The van der Waals surface area contributed by atoms with Crippen LogP contribution in [0.5, 0.6) is 0 Å². The van der Waals surface area contributed by atoms with Crippen LogP contribution in [0.15, 0.2) is 30.3 Å². The van der Waals surface area contributed by atoms with Crippen LogP contribution in [-0.2, 0) is 4.74 Å². The summed E-state index contributed by atoms with van der Waals surface area (Å²) in [5.74, 6) is 0.975. The van der Waals surface area contributed by atoms with Gasteiger partial charge in [0.15, 0.2) is 0 Å². The van der Waals surface area contributed by atoms with E-state index in [9.17, 15) is 5.11 Å². The Kier molecular flexibility index (Phi) is 4.54. The maximum absolute atomic E-state index is 10.0. The first-order valence-electron chi connectivity index (χ1n) is 6.25. The van der Waals surface area contributed by atoms with Crippen molar-refractivity contribution < 1.29 is 9.84 Å². The molecule has 2 rings (SSSR count). The van der Waals surface area contributed by atoms with E-state index in [0.29, 0.717) is 25.0 Å². The fourth-order valence-corrected chi connectivity index (χ4v) is 2.30. The monoisotopic (exact) mass is 235 g/mol. The molecule has 1 aliphatic rings. The Morgan fingerprint density at radius 2 is 2.18 bits per heavy atom. The molecule has 0 saturated heterocycles. The number of aliphatic hydroxyl groups excluding tert-OH is 1. The van der Waals surface area contributed by atoms with Crippen LogP contribution in [0.3, 0.4) is 0 Å². The molecule has 1 aromatic rings. The lowest BCUT2D eigenvalue weighted by Gasteiger charge is -2.11. The SMILES string of the molecule is COCCNCC(O)C1CC1c1ccccc1. The summed E-state index contributed by atoms with van der Waals surface area (Å²) in [6, 6.07) is 10.5. The molecule has 3 atom stereocenters. The third-order valence-electron chi connectivity index (χ3n) is 3.40. The largest absolute Gasteiger partial charge is 0.391 e. The number of hydrogen-bond donors (Lipinski definition) is 2. The van der Waals surface area contributed by atoms with Gasteiger partial charge in [-0.15, -0.1) is 0 Å². The van der Waals surface area contributed by atoms with Gasteiger partial charge < -0.3 is 15.2 Å². The first-order chi connectivity index (χ1) is 8.33. The van der Waals surface area contributed by atoms with Crippen molar-refractivity contribution in [1.29, 1.82) is 0 Å². The zero-order valence-corrected chi connectivity index (χ0v) is 10.3. The van der Waals surface area contributed by atoms with Crippen molar-refractivity contribution in [1.82, 2.24) is 5.32 Å². The number of rotatable bonds is 7. The molecule has 0 aliphatic heterocycles. The molecule has 94 valence electrons. The molecule has 0 aromatic heterocycles. The van der Waals surface area contributed by atoms with Gasteiger partial charge in [0, 0.05) is 20.2 Å². The average molecular weight is 235 g/mol. The molecule has 2 N–H and O–H groups in total. The van der Waals surface area contributed by atoms with Gasteiger partial charge >= 0.3 is 0 Å². The Labute approximate surface area is 103 Å². The van der Waals surface area contributed by atoms with E-state index in [0.717, 1.165) is 13.0 Å². The summed E-state index contributed by atoms with van der Waals surface area (Å²) in [7, 11) is 1.68. The minimum Gasteiger partial charge on any atom is -0.391 e. The molecule has 0 heterocycles. The smallest absolute Gasteiger partial charge is 0.0698 e. The Morgan fingerprint density at radius 3 is 2.88 bits per heavy atom. The second kappa shape index (κ2) is 6.15. The normalized spacial score (nSPS) is 24.6. The minimum absolute atomic E-state index is 0.239. The lowest BCUT2D eigenvalue weighted by Crippen LogP contribution is -2.30. The van der Waals surface area contributed by atoms with Crippen LogP contribution in [0.2, 0.25) is 0 Å². The van der Waals surface area contributed by atoms with E-state index in [1.54, 1.807) is 7.11 Å². The van der Waals surface area contributed by atoms with Crippen LogP contribution in [0.4, 0.5) is 0 Å². The predicted molar refractivity (Wildman–Crippen MR) is 68.0 cm³/mol. The summed E-state index contributed by atoms with van der Waals surface area (Å²) in [5.41, 5.74) is 1.36. The zero-order valence-electron chi connectivity index (χ0n) is 10.3. The lowest BCUT2D eigenvalue weighted by molar-refractivity contribution is 0.139. The number of benzene rings is 1. The van der Waals surface area contributed by atoms with Crippen LogP contribution >= 0.6 is 0 Å². The van der Waals surface area contributed by atoms with Crippen LogP contribution in [0.1, 0.15) is 17.9 Å². The highest BCUT2D eigenvalue weighted by atomic mass is 16.5. The van der Waals surface area contributed by atoms with E-state index in [1.165, 1.54) is 5.56 Å². The van der Waals surface area contributed by atoms with Gasteiger partial charge in [0.25, 0.3) is 0 Å². The molecule has 0 amide bonds. The van der Waals surface area contributed by atoms with Crippen LogP contribution in [-0.4, -0.2) is 38.0 Å². The van der Waals surface area contributed by atoms with E-state index < -0.39 is 0 Å². The second-order valence-electron chi connectivity index (χ2n) is 4.68. The number of aliphatic hydroxyl groups is 1. The molecule has 1 aromatic carbocycles. The van der Waals surface area contributed by atoms with Crippen molar-refractivity contribution in [2.24, 2.45) is 5.92 Å². The highest BCUT2D eigenvalue weighted by Gasteiger charge is 2.42. The van der Waals surface area contributed by atoms with Crippen LogP contribution in [0, 0.1) is 5.92 Å². The summed E-state index contributed by atoms with van der Waals surface area (Å²) in [5, 5.41) is 13.2. The van der Waals surface area contributed by atoms with Crippen LogP contribution in [0.25, 0.3) is 0 Å². The third-order valence-corrected chi connectivity index (χ3v) is 3.40. The molecule has 3 nitrogen and oxygen atoms in total. The van der Waals surface area contributed by atoms with Crippen molar-refractivity contribution >= 4 is 0 Å². The Bertz CT molecular complexity index is 328. The Hall–Kier alpha value is -0.900. The van der Waals surface area contributed by atoms with Gasteiger partial charge in [0.2, 0.25) is 0 Å². The van der Waals surface area contributed by atoms with E-state index in [1.807, 2.05) is 6.07 Å². The van der Waals surface area contributed by atoms with E-state index in [-0.39, 0.29) is 6.10 Å². The van der Waals surface area contributed by atoms with Gasteiger partial charge in [-0.3, -0.25) is 0 Å². The van der Waals surface area contributed by atoms with Crippen molar-refractivity contribution in [2.45, 2.75) is 18.4 Å². The molecular weight excluding hydrogens is 214 g/mol. The van der Waals surface area contributed by atoms with E-state index >= 15 is 0 Å². The summed E-state index contributed by atoms with van der Waals surface area (Å²) < 4.78 is 4.95. The molecule has 1 fully saturated rings. The molecule has 1 saturated carbocycles. The van der Waals surface area contributed by atoms with Gasteiger partial charge in [-0.1, -0.05) is 30.3 Å². The van der Waals surface area contributed by atoms with Gasteiger partial charge in [-0.05, 0) is 23.8 Å². The van der Waals surface area contributed by atoms with Crippen molar-refractivity contribution in [3.8, 4) is 0 Å². The second-order valence-corrected chi connectivity index (χ2v) is 4.68. The summed E-state index contributed by atoms with van der Waals surface area (Å²) in [6.45, 7) is 2.16. The van der Waals surface area contributed by atoms with Gasteiger partial charge in [0.1, 0.15) is 0 Å². The first-order valence-corrected chi connectivity index (χ1v) is 6.25. The molecule has 0 radical (unpaired) electrons. The van der Waals surface area contributed by atoms with Gasteiger partial charge in [-0.2, -0.15) is 0 Å². The highest BCUT2D eigenvalue weighted by Crippen LogP contribution is 2.49. The number of ether oxygens (including phenoxy) is 1. The summed E-state index contributed by atoms with van der Waals surface area (Å²) in [4.78, 5) is 0. The molecule has 3 heteroatoms. The predicted octanol–water partition coefficient (Wildman–Crippen LogP) is 1.39. The van der Waals surface area contributed by atoms with E-state index in [4.69, 9.17) is 4.74 Å². The molecule has 0 bridgehead atoms. The zero-order chi connectivity index (χ0) is 12.1. The molecule has 3 unspecified atom stereocenters. The lowest BCUT2D eigenvalue weighted by atomic mass is 10.1. The standard InChI is InChI=1S/C14H21NO2/c1-17-8-7-15-10-14(16)13-9-12(13)11-5-3-2-4-6-11/h2-6,12-16H,7-10H2,1H3. The molecule has 0 spiro atoms. The maximum atomic E-state index is 10.0. The molecule has 17 heavy (non-hydrogen) atoms. The quantitative estimate of drug-likeness (QED) is 0.702. The first kappa shape index (κ1) is 12.6. The topological polar surface area (TPSA) is 41.5 Å². The average Bonchev–Trinajstić information content (AvgIpc) is 3.16. The van der Waals surface area contributed by atoms with E-state index in [2.05, 4.69) is 29.6 Å². The maximum Gasteiger partial charge on any atom is 0.0698 e.